The van der Waals surface area contributed by atoms with Crippen molar-refractivity contribution in [1.82, 2.24) is 9.97 Å². The van der Waals surface area contributed by atoms with Gasteiger partial charge in [-0.15, -0.1) is 0 Å². The van der Waals surface area contributed by atoms with Gasteiger partial charge in [0.15, 0.2) is 0 Å². The van der Waals surface area contributed by atoms with Gasteiger partial charge in [-0.05, 0) is 28.8 Å². The van der Waals surface area contributed by atoms with E-state index in [1.807, 2.05) is 4.90 Å². The van der Waals surface area contributed by atoms with E-state index in [0.29, 0.717) is 11.6 Å². The molecular formula is C10H14BrN5O. The summed E-state index contributed by atoms with van der Waals surface area (Å²) in [5.74, 6) is 1.11. The minimum Gasteiger partial charge on any atom is -0.372 e. The molecule has 7 heteroatoms. The van der Waals surface area contributed by atoms with E-state index in [-0.39, 0.29) is 11.9 Å². The number of carbonyl (C=O) groups excluding carboxylic acids is 1. The lowest BCUT2D eigenvalue weighted by Crippen LogP contribution is -2.41. The molecule has 0 radical (unpaired) electrons. The van der Waals surface area contributed by atoms with Crippen molar-refractivity contribution in [2.75, 3.05) is 23.8 Å². The Morgan fingerprint density at radius 3 is 3.06 bits per heavy atom. The van der Waals surface area contributed by atoms with Gasteiger partial charge < -0.3 is 16.0 Å². The zero-order valence-electron chi connectivity index (χ0n) is 9.48. The number of hydrogen-bond acceptors (Lipinski definition) is 5. The van der Waals surface area contributed by atoms with Gasteiger partial charge in [0.05, 0.1) is 0 Å². The monoisotopic (exact) mass is 299 g/mol. The number of primary amides is 1. The fraction of sp³-hybridized carbons (Fsp3) is 0.500. The molecule has 3 N–H and O–H groups in total. The summed E-state index contributed by atoms with van der Waals surface area (Å²) in [5, 5.41) is 2.96. The highest BCUT2D eigenvalue weighted by Gasteiger charge is 2.31. The predicted octanol–water partition coefficient (Wildman–Crippen LogP) is 0.735. The topological polar surface area (TPSA) is 84.1 Å². The number of amides is 1. The molecule has 2 heterocycles. The fourth-order valence-electron chi connectivity index (χ4n) is 2.05. The molecule has 0 saturated carbocycles. The van der Waals surface area contributed by atoms with Crippen LogP contribution in [0, 0.1) is 0 Å². The van der Waals surface area contributed by atoms with E-state index in [2.05, 4.69) is 31.2 Å². The van der Waals surface area contributed by atoms with Gasteiger partial charge in [0.2, 0.25) is 5.91 Å². The van der Waals surface area contributed by atoms with Gasteiger partial charge in [0, 0.05) is 13.6 Å². The largest absolute Gasteiger partial charge is 0.372 e. The van der Waals surface area contributed by atoms with Crippen LogP contribution >= 0.6 is 15.9 Å². The van der Waals surface area contributed by atoms with Crippen molar-refractivity contribution in [2.45, 2.75) is 18.9 Å². The lowest BCUT2D eigenvalue weighted by Gasteiger charge is -2.24. The summed E-state index contributed by atoms with van der Waals surface area (Å²) >= 11 is 3.45. The minimum absolute atomic E-state index is 0.272. The summed E-state index contributed by atoms with van der Waals surface area (Å²) in [5.41, 5.74) is 5.39. The molecule has 1 aliphatic rings. The number of anilines is 2. The summed E-state index contributed by atoms with van der Waals surface area (Å²) in [4.78, 5) is 21.6. The second-order valence-corrected chi connectivity index (χ2v) is 4.66. The van der Waals surface area contributed by atoms with Gasteiger partial charge in [0.25, 0.3) is 0 Å². The highest BCUT2D eigenvalue weighted by Crippen LogP contribution is 2.33. The van der Waals surface area contributed by atoms with Crippen molar-refractivity contribution >= 4 is 33.5 Å². The Labute approximate surface area is 108 Å². The van der Waals surface area contributed by atoms with Crippen molar-refractivity contribution in [3.8, 4) is 0 Å². The van der Waals surface area contributed by atoms with Crippen molar-refractivity contribution < 1.29 is 4.79 Å². The van der Waals surface area contributed by atoms with Crippen LogP contribution in [-0.4, -0.2) is 35.5 Å². The van der Waals surface area contributed by atoms with Crippen LogP contribution in [0.3, 0.4) is 0 Å². The quantitative estimate of drug-likeness (QED) is 0.860. The van der Waals surface area contributed by atoms with Crippen LogP contribution in [0.2, 0.25) is 0 Å². The number of nitrogens with zero attached hydrogens (tertiary/aromatic N) is 3. The second-order valence-electron chi connectivity index (χ2n) is 3.86. The van der Waals surface area contributed by atoms with Gasteiger partial charge in [0.1, 0.15) is 28.5 Å². The first-order valence-corrected chi connectivity index (χ1v) is 6.18. The molecule has 6 nitrogen and oxygen atoms in total. The molecule has 1 unspecified atom stereocenters. The number of nitrogens with two attached hydrogens (primary N) is 1. The Hall–Kier alpha value is -1.37. The van der Waals surface area contributed by atoms with Crippen LogP contribution in [-0.2, 0) is 4.79 Å². The van der Waals surface area contributed by atoms with Gasteiger partial charge in [-0.1, -0.05) is 0 Å². The summed E-state index contributed by atoms with van der Waals surface area (Å²) in [6.07, 6.45) is 3.20. The van der Waals surface area contributed by atoms with E-state index in [1.165, 1.54) is 6.33 Å². The van der Waals surface area contributed by atoms with Crippen molar-refractivity contribution in [3.05, 3.63) is 10.8 Å². The minimum atomic E-state index is -0.306. The molecule has 1 fully saturated rings. The number of carbonyl (C=O) groups is 1. The first-order valence-electron chi connectivity index (χ1n) is 5.39. The van der Waals surface area contributed by atoms with Crippen LogP contribution in [0.25, 0.3) is 0 Å². The molecule has 1 aromatic rings. The van der Waals surface area contributed by atoms with Gasteiger partial charge in [-0.3, -0.25) is 4.79 Å². The smallest absolute Gasteiger partial charge is 0.240 e. The Balaban J connectivity index is 2.36. The highest BCUT2D eigenvalue weighted by molar-refractivity contribution is 9.10. The van der Waals surface area contributed by atoms with Crippen LogP contribution in [0.1, 0.15) is 12.8 Å². The highest BCUT2D eigenvalue weighted by atomic mass is 79.9. The standard InChI is InChI=1S/C10H14BrN5O/c1-13-9-7(11)10(15-5-14-9)16-4-2-3-6(16)8(12)17/h5-6H,2-4H2,1H3,(H2,12,17)(H,13,14,15). The Morgan fingerprint density at radius 2 is 2.41 bits per heavy atom. The van der Waals surface area contributed by atoms with Crippen LogP contribution in [0.4, 0.5) is 11.6 Å². The number of halogens is 1. The molecule has 1 aliphatic heterocycles. The molecular weight excluding hydrogens is 286 g/mol. The van der Waals surface area contributed by atoms with Crippen LogP contribution in [0.5, 0.6) is 0 Å². The first kappa shape index (κ1) is 12.1. The normalized spacial score (nSPS) is 19.4. The number of aromatic nitrogens is 2. The third-order valence-electron chi connectivity index (χ3n) is 2.86. The molecule has 2 rings (SSSR count). The number of hydrogen-bond donors (Lipinski definition) is 2. The maximum absolute atomic E-state index is 11.4. The van der Waals surface area contributed by atoms with E-state index in [9.17, 15) is 4.79 Å². The molecule has 1 aromatic heterocycles. The van der Waals surface area contributed by atoms with Crippen LogP contribution < -0.4 is 16.0 Å². The third-order valence-corrected chi connectivity index (χ3v) is 3.59. The molecule has 0 aliphatic carbocycles. The average molecular weight is 300 g/mol. The Morgan fingerprint density at radius 1 is 1.65 bits per heavy atom. The molecule has 1 amide bonds. The number of rotatable bonds is 3. The lowest BCUT2D eigenvalue weighted by molar-refractivity contribution is -0.119. The van der Waals surface area contributed by atoms with E-state index in [1.54, 1.807) is 7.05 Å². The summed E-state index contributed by atoms with van der Waals surface area (Å²) < 4.78 is 0.760. The lowest BCUT2D eigenvalue weighted by atomic mass is 10.2. The maximum Gasteiger partial charge on any atom is 0.240 e. The van der Waals surface area contributed by atoms with E-state index >= 15 is 0 Å². The molecule has 0 bridgehead atoms. The molecule has 0 spiro atoms. The van der Waals surface area contributed by atoms with E-state index in [0.717, 1.165) is 23.9 Å². The zero-order valence-corrected chi connectivity index (χ0v) is 11.1. The van der Waals surface area contributed by atoms with Crippen molar-refractivity contribution in [3.63, 3.8) is 0 Å². The second kappa shape index (κ2) is 4.87. The summed E-state index contributed by atoms with van der Waals surface area (Å²) in [6.45, 7) is 0.784. The van der Waals surface area contributed by atoms with E-state index in [4.69, 9.17) is 5.73 Å². The van der Waals surface area contributed by atoms with Gasteiger partial charge in [-0.2, -0.15) is 0 Å². The summed E-state index contributed by atoms with van der Waals surface area (Å²) in [6, 6.07) is -0.272. The van der Waals surface area contributed by atoms with Gasteiger partial charge >= 0.3 is 0 Å². The molecule has 92 valence electrons. The van der Waals surface area contributed by atoms with Gasteiger partial charge in [-0.25, -0.2) is 9.97 Å². The Kier molecular flexibility index (Phi) is 3.46. The maximum atomic E-state index is 11.4. The van der Waals surface area contributed by atoms with Crippen molar-refractivity contribution in [1.29, 1.82) is 0 Å². The number of nitrogens with one attached hydrogen (secondary N) is 1. The first-order chi connectivity index (χ1) is 8.15. The average Bonchev–Trinajstić information content (AvgIpc) is 2.78. The zero-order chi connectivity index (χ0) is 12.4. The third kappa shape index (κ3) is 2.19. The molecule has 1 saturated heterocycles. The van der Waals surface area contributed by atoms with Crippen molar-refractivity contribution in [2.24, 2.45) is 5.73 Å². The van der Waals surface area contributed by atoms with Crippen LogP contribution in [0.15, 0.2) is 10.8 Å². The molecule has 0 aromatic carbocycles. The SMILES string of the molecule is CNc1ncnc(N2CCCC2C(N)=O)c1Br. The molecule has 17 heavy (non-hydrogen) atoms. The molecule has 1 atom stereocenters. The van der Waals surface area contributed by atoms with E-state index < -0.39 is 0 Å². The summed E-state index contributed by atoms with van der Waals surface area (Å²) in [7, 11) is 1.78. The predicted molar refractivity (Wildman–Crippen MR) is 68.8 cm³/mol. The fourth-order valence-corrected chi connectivity index (χ4v) is 2.68. The Bertz CT molecular complexity index is 439.